The summed E-state index contributed by atoms with van der Waals surface area (Å²) in [7, 11) is 1.76. The van der Waals surface area contributed by atoms with Crippen LogP contribution in [0.15, 0.2) is 30.3 Å². The fraction of sp³-hybridized carbons (Fsp3) is 0.333. The van der Waals surface area contributed by atoms with Crippen molar-refractivity contribution in [3.8, 4) is 0 Å². The number of para-hydroxylation sites is 1. The van der Waals surface area contributed by atoms with Gasteiger partial charge in [-0.15, -0.1) is 0 Å². The number of rotatable bonds is 2. The summed E-state index contributed by atoms with van der Waals surface area (Å²) in [6.45, 7) is 3.15. The summed E-state index contributed by atoms with van der Waals surface area (Å²) in [6, 6.07) is 9.56. The van der Waals surface area contributed by atoms with Gasteiger partial charge in [-0.2, -0.15) is 0 Å². The van der Waals surface area contributed by atoms with E-state index >= 15 is 0 Å². The van der Waals surface area contributed by atoms with E-state index in [4.69, 9.17) is 5.11 Å². The first kappa shape index (κ1) is 14.2. The van der Waals surface area contributed by atoms with Crippen molar-refractivity contribution in [2.75, 3.05) is 11.9 Å². The predicted octanol–water partition coefficient (Wildman–Crippen LogP) is 2.15. The van der Waals surface area contributed by atoms with E-state index in [-0.39, 0.29) is 12.3 Å². The van der Waals surface area contributed by atoms with E-state index in [0.717, 1.165) is 5.69 Å². The molecule has 0 aliphatic rings. The highest BCUT2D eigenvalue weighted by Crippen LogP contribution is 2.10. The van der Waals surface area contributed by atoms with E-state index in [1.807, 2.05) is 30.3 Å². The first-order valence-corrected chi connectivity index (χ1v) is 5.00. The monoisotopic (exact) mass is 223 g/mol. The molecule has 0 saturated heterocycles. The van der Waals surface area contributed by atoms with Gasteiger partial charge in [0.1, 0.15) is 0 Å². The van der Waals surface area contributed by atoms with Crippen LogP contribution in [0.25, 0.3) is 0 Å². The number of carboxylic acids is 1. The lowest BCUT2D eigenvalue weighted by molar-refractivity contribution is -0.136. The maximum Gasteiger partial charge on any atom is 0.303 e. The summed E-state index contributed by atoms with van der Waals surface area (Å²) in [4.78, 5) is 21.8. The summed E-state index contributed by atoms with van der Waals surface area (Å²) in [6.07, 6.45) is 0.222. The molecule has 88 valence electrons. The second kappa shape index (κ2) is 7.45. The topological polar surface area (TPSA) is 57.6 Å². The molecule has 0 saturated carbocycles. The third-order valence-electron chi connectivity index (χ3n) is 1.92. The zero-order valence-electron chi connectivity index (χ0n) is 9.80. The van der Waals surface area contributed by atoms with E-state index in [9.17, 15) is 9.59 Å². The SMILES string of the molecule is CC(=O)N(C)c1ccccc1.CCC(=O)O. The second-order valence-corrected chi connectivity index (χ2v) is 3.16. The van der Waals surface area contributed by atoms with Gasteiger partial charge < -0.3 is 10.0 Å². The Hall–Kier alpha value is -1.84. The molecule has 0 fully saturated rings. The number of amides is 1. The number of anilines is 1. The molecule has 1 aromatic carbocycles. The Labute approximate surface area is 95.5 Å². The minimum atomic E-state index is -0.745. The van der Waals surface area contributed by atoms with Crippen LogP contribution < -0.4 is 4.90 Å². The summed E-state index contributed by atoms with van der Waals surface area (Å²) in [5, 5.41) is 7.72. The van der Waals surface area contributed by atoms with Gasteiger partial charge in [0.05, 0.1) is 0 Å². The van der Waals surface area contributed by atoms with Gasteiger partial charge in [0.2, 0.25) is 5.91 Å². The van der Waals surface area contributed by atoms with Crippen LogP contribution in [-0.4, -0.2) is 24.0 Å². The third kappa shape index (κ3) is 5.80. The largest absolute Gasteiger partial charge is 0.481 e. The Bertz CT molecular complexity index is 335. The smallest absolute Gasteiger partial charge is 0.303 e. The van der Waals surface area contributed by atoms with E-state index < -0.39 is 5.97 Å². The molecule has 1 rings (SSSR count). The molecule has 0 atom stereocenters. The third-order valence-corrected chi connectivity index (χ3v) is 1.92. The summed E-state index contributed by atoms with van der Waals surface area (Å²) >= 11 is 0. The van der Waals surface area contributed by atoms with Crippen molar-refractivity contribution in [2.45, 2.75) is 20.3 Å². The fourth-order valence-electron chi connectivity index (χ4n) is 0.833. The molecule has 1 amide bonds. The maximum atomic E-state index is 10.9. The molecule has 0 aliphatic carbocycles. The Morgan fingerprint density at radius 1 is 1.25 bits per heavy atom. The van der Waals surface area contributed by atoms with Crippen molar-refractivity contribution in [1.29, 1.82) is 0 Å². The van der Waals surface area contributed by atoms with Crippen molar-refractivity contribution in [2.24, 2.45) is 0 Å². The van der Waals surface area contributed by atoms with E-state index in [2.05, 4.69) is 0 Å². The van der Waals surface area contributed by atoms with Crippen LogP contribution in [0.3, 0.4) is 0 Å². The molecular weight excluding hydrogens is 206 g/mol. The minimum Gasteiger partial charge on any atom is -0.481 e. The first-order valence-electron chi connectivity index (χ1n) is 5.00. The molecule has 0 radical (unpaired) electrons. The van der Waals surface area contributed by atoms with Gasteiger partial charge in [0.25, 0.3) is 0 Å². The molecule has 0 spiro atoms. The fourth-order valence-corrected chi connectivity index (χ4v) is 0.833. The average Bonchev–Trinajstić information content (AvgIpc) is 2.29. The number of benzene rings is 1. The summed E-state index contributed by atoms with van der Waals surface area (Å²) < 4.78 is 0. The predicted molar refractivity (Wildman–Crippen MR) is 63.5 cm³/mol. The zero-order valence-corrected chi connectivity index (χ0v) is 9.80. The zero-order chi connectivity index (χ0) is 12.6. The lowest BCUT2D eigenvalue weighted by atomic mass is 10.3. The number of hydrogen-bond donors (Lipinski definition) is 1. The minimum absolute atomic E-state index is 0.0520. The first-order chi connectivity index (χ1) is 7.49. The quantitative estimate of drug-likeness (QED) is 0.835. The number of carboxylic acid groups (broad SMARTS) is 1. The van der Waals surface area contributed by atoms with Crippen LogP contribution >= 0.6 is 0 Å². The van der Waals surface area contributed by atoms with Crippen molar-refractivity contribution < 1.29 is 14.7 Å². The van der Waals surface area contributed by atoms with Crippen molar-refractivity contribution >= 4 is 17.6 Å². The highest BCUT2D eigenvalue weighted by molar-refractivity contribution is 5.90. The molecular formula is C12H17NO3. The van der Waals surface area contributed by atoms with E-state index in [1.54, 1.807) is 25.8 Å². The lowest BCUT2D eigenvalue weighted by Crippen LogP contribution is -2.22. The Kier molecular flexibility index (Phi) is 6.59. The Morgan fingerprint density at radius 3 is 2.00 bits per heavy atom. The highest BCUT2D eigenvalue weighted by Gasteiger charge is 2.02. The van der Waals surface area contributed by atoms with Crippen LogP contribution in [0, 0.1) is 0 Å². The van der Waals surface area contributed by atoms with Crippen molar-refractivity contribution in [3.05, 3.63) is 30.3 Å². The molecule has 0 aromatic heterocycles. The summed E-state index contributed by atoms with van der Waals surface area (Å²) in [5.41, 5.74) is 0.931. The number of aliphatic carboxylic acids is 1. The number of nitrogens with zero attached hydrogens (tertiary/aromatic N) is 1. The van der Waals surface area contributed by atoms with Gasteiger partial charge in [-0.05, 0) is 12.1 Å². The van der Waals surface area contributed by atoms with Gasteiger partial charge in [-0.3, -0.25) is 9.59 Å². The highest BCUT2D eigenvalue weighted by atomic mass is 16.4. The molecule has 4 nitrogen and oxygen atoms in total. The van der Waals surface area contributed by atoms with Gasteiger partial charge in [-0.1, -0.05) is 25.1 Å². The van der Waals surface area contributed by atoms with Crippen LogP contribution in [0.4, 0.5) is 5.69 Å². The summed E-state index contributed by atoms with van der Waals surface area (Å²) in [5.74, 6) is -0.693. The van der Waals surface area contributed by atoms with Crippen LogP contribution in [0.2, 0.25) is 0 Å². The Balaban J connectivity index is 0.000000385. The van der Waals surface area contributed by atoms with Crippen molar-refractivity contribution in [1.82, 2.24) is 0 Å². The molecule has 0 aliphatic heterocycles. The maximum absolute atomic E-state index is 10.9. The molecule has 0 bridgehead atoms. The number of carbonyl (C=O) groups excluding carboxylic acids is 1. The molecule has 1 aromatic rings. The van der Waals surface area contributed by atoms with Gasteiger partial charge in [0, 0.05) is 26.1 Å². The normalized spacial score (nSPS) is 8.69. The number of carbonyl (C=O) groups is 2. The molecule has 1 N–H and O–H groups in total. The van der Waals surface area contributed by atoms with Gasteiger partial charge in [-0.25, -0.2) is 0 Å². The van der Waals surface area contributed by atoms with Crippen LogP contribution in [0.5, 0.6) is 0 Å². The van der Waals surface area contributed by atoms with Gasteiger partial charge >= 0.3 is 5.97 Å². The molecule has 0 heterocycles. The molecule has 0 unspecified atom stereocenters. The number of hydrogen-bond acceptors (Lipinski definition) is 2. The molecule has 4 heteroatoms. The average molecular weight is 223 g/mol. The van der Waals surface area contributed by atoms with Gasteiger partial charge in [0.15, 0.2) is 0 Å². The lowest BCUT2D eigenvalue weighted by Gasteiger charge is -2.13. The standard InChI is InChI=1S/C9H11NO.C3H6O2/c1-8(11)10(2)9-6-4-3-5-7-9;1-2-3(4)5/h3-7H,1-2H3;2H2,1H3,(H,4,5). The molecule has 16 heavy (non-hydrogen) atoms. The Morgan fingerprint density at radius 2 is 1.69 bits per heavy atom. The van der Waals surface area contributed by atoms with Crippen LogP contribution in [-0.2, 0) is 9.59 Å². The van der Waals surface area contributed by atoms with E-state index in [0.29, 0.717) is 0 Å². The second-order valence-electron chi connectivity index (χ2n) is 3.16. The van der Waals surface area contributed by atoms with E-state index in [1.165, 1.54) is 0 Å². The van der Waals surface area contributed by atoms with Crippen molar-refractivity contribution in [3.63, 3.8) is 0 Å². The van der Waals surface area contributed by atoms with Crippen LogP contribution in [0.1, 0.15) is 20.3 Å².